The molecule has 0 saturated heterocycles. The van der Waals surface area contributed by atoms with Gasteiger partial charge in [0.25, 0.3) is 5.91 Å². The van der Waals surface area contributed by atoms with Crippen molar-refractivity contribution >= 4 is 5.91 Å². The van der Waals surface area contributed by atoms with E-state index in [1.807, 2.05) is 0 Å². The van der Waals surface area contributed by atoms with Gasteiger partial charge in [0, 0.05) is 13.7 Å². The first-order chi connectivity index (χ1) is 8.93. The Kier molecular flexibility index (Phi) is 5.44. The van der Waals surface area contributed by atoms with E-state index in [0.29, 0.717) is 12.0 Å². The average molecular weight is 269 g/mol. The Hall–Kier alpha value is -1.46. The summed E-state index contributed by atoms with van der Waals surface area (Å²) in [6, 6.07) is 4.67. The van der Waals surface area contributed by atoms with Crippen molar-refractivity contribution in [2.45, 2.75) is 25.8 Å². The van der Waals surface area contributed by atoms with Gasteiger partial charge in [-0.15, -0.1) is 0 Å². The van der Waals surface area contributed by atoms with Crippen molar-refractivity contribution in [1.29, 1.82) is 0 Å². The first kappa shape index (κ1) is 15.6. The van der Waals surface area contributed by atoms with E-state index in [0.717, 1.165) is 0 Å². The summed E-state index contributed by atoms with van der Waals surface area (Å²) < 4.78 is 18.9. The minimum absolute atomic E-state index is 0.000248. The van der Waals surface area contributed by atoms with E-state index in [4.69, 9.17) is 9.84 Å². The van der Waals surface area contributed by atoms with Crippen LogP contribution < -0.4 is 5.32 Å². The highest BCUT2D eigenvalue weighted by atomic mass is 19.1. The largest absolute Gasteiger partial charge is 0.396 e. The third kappa shape index (κ3) is 4.01. The molecular formula is C14H20FNO3. The van der Waals surface area contributed by atoms with Crippen LogP contribution in [0.25, 0.3) is 0 Å². The number of hydrogen-bond acceptors (Lipinski definition) is 3. The van der Waals surface area contributed by atoms with Crippen LogP contribution in [0.5, 0.6) is 0 Å². The molecule has 0 aliphatic rings. The summed E-state index contributed by atoms with van der Waals surface area (Å²) in [5.74, 6) is -1.03. The van der Waals surface area contributed by atoms with Crippen molar-refractivity contribution in [3.05, 3.63) is 35.1 Å². The summed E-state index contributed by atoms with van der Waals surface area (Å²) in [7, 11) is 1.51. The molecule has 1 amide bonds. The fourth-order valence-corrected chi connectivity index (χ4v) is 1.90. The highest BCUT2D eigenvalue weighted by Crippen LogP contribution is 2.15. The Bertz CT molecular complexity index is 442. The van der Waals surface area contributed by atoms with Crippen LogP contribution in [0.15, 0.2) is 18.2 Å². The van der Waals surface area contributed by atoms with Gasteiger partial charge in [0.05, 0.1) is 17.7 Å². The summed E-state index contributed by atoms with van der Waals surface area (Å²) in [4.78, 5) is 12.1. The molecule has 0 fully saturated rings. The van der Waals surface area contributed by atoms with Crippen LogP contribution in [-0.4, -0.2) is 36.9 Å². The number of ether oxygens (including phenoxy) is 1. The zero-order chi connectivity index (χ0) is 14.5. The zero-order valence-electron chi connectivity index (χ0n) is 11.5. The first-order valence-electron chi connectivity index (χ1n) is 6.11. The fraction of sp³-hybridized carbons (Fsp3) is 0.500. The normalized spacial score (nSPS) is 13.9. The molecule has 1 aromatic rings. The molecule has 5 heteroatoms. The van der Waals surface area contributed by atoms with E-state index < -0.39 is 17.3 Å². The van der Waals surface area contributed by atoms with E-state index in [-0.39, 0.29) is 18.8 Å². The van der Waals surface area contributed by atoms with Crippen molar-refractivity contribution in [2.24, 2.45) is 0 Å². The van der Waals surface area contributed by atoms with Crippen LogP contribution in [0.3, 0.4) is 0 Å². The Morgan fingerprint density at radius 2 is 2.21 bits per heavy atom. The molecule has 1 rings (SSSR count). The van der Waals surface area contributed by atoms with Crippen molar-refractivity contribution in [1.82, 2.24) is 5.32 Å². The van der Waals surface area contributed by atoms with Gasteiger partial charge in [-0.05, 0) is 31.9 Å². The molecule has 0 saturated carbocycles. The van der Waals surface area contributed by atoms with Crippen LogP contribution in [0, 0.1) is 12.7 Å². The number of nitrogens with one attached hydrogen (secondary N) is 1. The van der Waals surface area contributed by atoms with Crippen LogP contribution in [0.2, 0.25) is 0 Å². The minimum atomic E-state index is -0.725. The second kappa shape index (κ2) is 6.63. The number of aliphatic hydroxyl groups excluding tert-OH is 1. The summed E-state index contributed by atoms with van der Waals surface area (Å²) in [6.07, 6.45) is 0.333. The number of aryl methyl sites for hydroxylation is 1. The van der Waals surface area contributed by atoms with Crippen LogP contribution in [-0.2, 0) is 4.74 Å². The molecule has 0 aliphatic carbocycles. The summed E-state index contributed by atoms with van der Waals surface area (Å²) >= 11 is 0. The van der Waals surface area contributed by atoms with Crippen LogP contribution >= 0.6 is 0 Å². The summed E-state index contributed by atoms with van der Waals surface area (Å²) in [5, 5.41) is 11.7. The maximum absolute atomic E-state index is 13.9. The Labute approximate surface area is 112 Å². The lowest BCUT2D eigenvalue weighted by molar-refractivity contribution is 0.0722. The van der Waals surface area contributed by atoms with Gasteiger partial charge < -0.3 is 15.2 Å². The second-order valence-corrected chi connectivity index (χ2v) is 4.86. The number of halogens is 1. The van der Waals surface area contributed by atoms with Gasteiger partial charge in [-0.25, -0.2) is 4.39 Å². The Morgan fingerprint density at radius 3 is 2.79 bits per heavy atom. The Morgan fingerprint density at radius 1 is 1.53 bits per heavy atom. The maximum Gasteiger partial charge on any atom is 0.254 e. The number of amides is 1. The molecule has 1 unspecified atom stereocenters. The second-order valence-electron chi connectivity index (χ2n) is 4.86. The average Bonchev–Trinajstić information content (AvgIpc) is 2.32. The standard InChI is InChI=1S/C14H20FNO3/c1-10-5-4-6-11(12(10)15)13(18)16-14(2,7-8-17)9-19-3/h4-6,17H,7-9H2,1-3H3,(H,16,18). The van der Waals surface area contributed by atoms with E-state index >= 15 is 0 Å². The quantitative estimate of drug-likeness (QED) is 0.825. The number of methoxy groups -OCH3 is 1. The lowest BCUT2D eigenvalue weighted by Crippen LogP contribution is -2.50. The van der Waals surface area contributed by atoms with Crippen molar-refractivity contribution in [3.63, 3.8) is 0 Å². The molecule has 2 N–H and O–H groups in total. The molecule has 0 aromatic heterocycles. The van der Waals surface area contributed by atoms with Gasteiger partial charge in [-0.1, -0.05) is 12.1 Å². The predicted molar refractivity (Wildman–Crippen MR) is 70.6 cm³/mol. The molecule has 0 aliphatic heterocycles. The number of carbonyl (C=O) groups excluding carboxylic acids is 1. The minimum Gasteiger partial charge on any atom is -0.396 e. The van der Waals surface area contributed by atoms with Gasteiger partial charge in [-0.3, -0.25) is 4.79 Å². The van der Waals surface area contributed by atoms with Crippen LogP contribution in [0.4, 0.5) is 4.39 Å². The molecule has 1 aromatic carbocycles. The fourth-order valence-electron chi connectivity index (χ4n) is 1.90. The third-order valence-electron chi connectivity index (χ3n) is 2.98. The Balaban J connectivity index is 2.91. The van der Waals surface area contributed by atoms with E-state index in [9.17, 15) is 9.18 Å². The zero-order valence-corrected chi connectivity index (χ0v) is 11.5. The van der Waals surface area contributed by atoms with Gasteiger partial charge in [0.1, 0.15) is 5.82 Å². The molecule has 19 heavy (non-hydrogen) atoms. The van der Waals surface area contributed by atoms with Gasteiger partial charge in [0.15, 0.2) is 0 Å². The lowest BCUT2D eigenvalue weighted by atomic mass is 9.98. The number of rotatable bonds is 6. The van der Waals surface area contributed by atoms with Crippen molar-refractivity contribution in [2.75, 3.05) is 20.3 Å². The van der Waals surface area contributed by atoms with E-state index in [1.54, 1.807) is 26.0 Å². The highest BCUT2D eigenvalue weighted by molar-refractivity contribution is 5.95. The molecule has 1 atom stereocenters. The smallest absolute Gasteiger partial charge is 0.254 e. The molecule has 106 valence electrons. The van der Waals surface area contributed by atoms with Crippen molar-refractivity contribution in [3.8, 4) is 0 Å². The van der Waals surface area contributed by atoms with E-state index in [1.165, 1.54) is 13.2 Å². The van der Waals surface area contributed by atoms with Gasteiger partial charge in [0.2, 0.25) is 0 Å². The van der Waals surface area contributed by atoms with E-state index in [2.05, 4.69) is 5.32 Å². The lowest BCUT2D eigenvalue weighted by Gasteiger charge is -2.29. The highest BCUT2D eigenvalue weighted by Gasteiger charge is 2.27. The number of carbonyl (C=O) groups is 1. The van der Waals surface area contributed by atoms with Crippen molar-refractivity contribution < 1.29 is 19.0 Å². The molecule has 0 radical (unpaired) electrons. The molecule has 0 bridgehead atoms. The van der Waals surface area contributed by atoms with Gasteiger partial charge >= 0.3 is 0 Å². The summed E-state index contributed by atoms with van der Waals surface area (Å²) in [5.41, 5.74) is -0.306. The monoisotopic (exact) mass is 269 g/mol. The number of benzene rings is 1. The molecular weight excluding hydrogens is 249 g/mol. The number of aliphatic hydroxyl groups is 1. The molecule has 0 spiro atoms. The number of hydrogen-bond donors (Lipinski definition) is 2. The van der Waals surface area contributed by atoms with Crippen LogP contribution in [0.1, 0.15) is 29.3 Å². The maximum atomic E-state index is 13.9. The predicted octanol–water partition coefficient (Wildman–Crippen LogP) is 1.65. The first-order valence-corrected chi connectivity index (χ1v) is 6.11. The van der Waals surface area contributed by atoms with Gasteiger partial charge in [-0.2, -0.15) is 0 Å². The topological polar surface area (TPSA) is 58.6 Å². The summed E-state index contributed by atoms with van der Waals surface area (Å²) in [6.45, 7) is 3.51. The SMILES string of the molecule is COCC(C)(CCO)NC(=O)c1cccc(C)c1F. The molecule has 4 nitrogen and oxygen atoms in total. The molecule has 0 heterocycles. The third-order valence-corrected chi connectivity index (χ3v) is 2.98.